The van der Waals surface area contributed by atoms with Crippen LogP contribution in [0, 0.1) is 17.5 Å². The molecule has 0 saturated carbocycles. The van der Waals surface area contributed by atoms with E-state index in [0.29, 0.717) is 17.0 Å². The Morgan fingerprint density at radius 2 is 1.76 bits per heavy atom. The highest BCUT2D eigenvalue weighted by Crippen LogP contribution is 2.20. The summed E-state index contributed by atoms with van der Waals surface area (Å²) in [5, 5.41) is 6.14. The van der Waals surface area contributed by atoms with Crippen LogP contribution in [-0.2, 0) is 0 Å². The lowest BCUT2D eigenvalue weighted by atomic mass is 10.2. The molecule has 0 aliphatic rings. The van der Waals surface area contributed by atoms with Gasteiger partial charge in [0.2, 0.25) is 4.80 Å². The van der Waals surface area contributed by atoms with E-state index >= 15 is 0 Å². The summed E-state index contributed by atoms with van der Waals surface area (Å²) in [6.45, 7) is 2.45. The zero-order chi connectivity index (χ0) is 17.8. The molecule has 3 nitrogen and oxygen atoms in total. The summed E-state index contributed by atoms with van der Waals surface area (Å²) in [6, 6.07) is 9.28. The molecular weight excluding hydrogens is 347 g/mol. The van der Waals surface area contributed by atoms with E-state index in [4.69, 9.17) is 0 Å². The van der Waals surface area contributed by atoms with Crippen LogP contribution in [0.4, 0.5) is 13.2 Å². The number of aromatic nitrogens is 1. The van der Waals surface area contributed by atoms with Gasteiger partial charge in [0.05, 0.1) is 11.9 Å². The minimum absolute atomic E-state index is 0.160. The predicted octanol–water partition coefficient (Wildman–Crippen LogP) is 4.44. The van der Waals surface area contributed by atoms with Gasteiger partial charge in [-0.15, -0.1) is 11.3 Å². The molecule has 0 atom stereocenters. The highest BCUT2D eigenvalue weighted by Gasteiger charge is 2.08. The van der Waals surface area contributed by atoms with E-state index in [1.165, 1.54) is 41.8 Å². The second-order valence-corrected chi connectivity index (χ2v) is 5.94. The zero-order valence-electron chi connectivity index (χ0n) is 13.3. The van der Waals surface area contributed by atoms with E-state index in [1.54, 1.807) is 16.8 Å². The van der Waals surface area contributed by atoms with Crippen molar-refractivity contribution in [3.8, 4) is 11.3 Å². The molecular formula is C18H14F3N3S. The maximum absolute atomic E-state index is 13.8. The van der Waals surface area contributed by atoms with Crippen LogP contribution in [0.2, 0.25) is 0 Å². The van der Waals surface area contributed by atoms with Gasteiger partial charge in [-0.05, 0) is 43.3 Å². The molecule has 0 spiro atoms. The molecule has 0 saturated heterocycles. The number of thiazole rings is 1. The topological polar surface area (TPSA) is 29.6 Å². The molecule has 1 aromatic heterocycles. The van der Waals surface area contributed by atoms with Gasteiger partial charge in [-0.2, -0.15) is 5.10 Å². The van der Waals surface area contributed by atoms with Crippen LogP contribution >= 0.6 is 11.3 Å². The maximum atomic E-state index is 13.8. The third-order valence-corrected chi connectivity index (χ3v) is 4.25. The Morgan fingerprint density at radius 1 is 1.04 bits per heavy atom. The van der Waals surface area contributed by atoms with Crippen LogP contribution < -0.4 is 4.80 Å². The third-order valence-electron chi connectivity index (χ3n) is 3.39. The molecule has 0 N–H and O–H groups in total. The summed E-state index contributed by atoms with van der Waals surface area (Å²) in [6.07, 6.45) is 1.31. The fraction of sp³-hybridized carbons (Fsp3) is 0.111. The van der Waals surface area contributed by atoms with Gasteiger partial charge in [0.25, 0.3) is 0 Å². The normalized spacial score (nSPS) is 12.2. The van der Waals surface area contributed by atoms with Crippen molar-refractivity contribution < 1.29 is 13.2 Å². The van der Waals surface area contributed by atoms with Crippen LogP contribution in [0.5, 0.6) is 0 Å². The lowest BCUT2D eigenvalue weighted by Crippen LogP contribution is -2.12. The van der Waals surface area contributed by atoms with Crippen LogP contribution in [0.25, 0.3) is 11.3 Å². The van der Waals surface area contributed by atoms with E-state index in [-0.39, 0.29) is 11.4 Å². The second-order valence-electron chi connectivity index (χ2n) is 5.11. The van der Waals surface area contributed by atoms with Crippen LogP contribution in [-0.4, -0.2) is 17.4 Å². The lowest BCUT2D eigenvalue weighted by molar-refractivity contribution is 0.582. The number of benzene rings is 2. The lowest BCUT2D eigenvalue weighted by Gasteiger charge is -2.04. The van der Waals surface area contributed by atoms with Gasteiger partial charge in [0, 0.05) is 29.1 Å². The highest BCUT2D eigenvalue weighted by molar-refractivity contribution is 7.07. The highest BCUT2D eigenvalue weighted by atomic mass is 32.1. The molecule has 128 valence electrons. The summed E-state index contributed by atoms with van der Waals surface area (Å²) in [5.41, 5.74) is 1.62. The maximum Gasteiger partial charge on any atom is 0.206 e. The van der Waals surface area contributed by atoms with E-state index < -0.39 is 11.6 Å². The summed E-state index contributed by atoms with van der Waals surface area (Å²) in [4.78, 5) is 4.98. The third kappa shape index (κ3) is 3.88. The first-order chi connectivity index (χ1) is 12.1. The van der Waals surface area contributed by atoms with Crippen molar-refractivity contribution in [3.63, 3.8) is 0 Å². The van der Waals surface area contributed by atoms with Crippen molar-refractivity contribution in [2.45, 2.75) is 6.92 Å². The minimum Gasteiger partial charge on any atom is -0.258 e. The van der Waals surface area contributed by atoms with Gasteiger partial charge in [-0.25, -0.2) is 17.8 Å². The molecule has 0 unspecified atom stereocenters. The van der Waals surface area contributed by atoms with E-state index in [9.17, 15) is 13.2 Å². The first kappa shape index (κ1) is 17.2. The molecule has 2 aromatic carbocycles. The van der Waals surface area contributed by atoms with Gasteiger partial charge in [0.1, 0.15) is 17.5 Å². The Bertz CT molecular complexity index is 972. The molecule has 0 amide bonds. The largest absolute Gasteiger partial charge is 0.258 e. The molecule has 0 fully saturated rings. The molecule has 3 aromatic rings. The van der Waals surface area contributed by atoms with Gasteiger partial charge in [0.15, 0.2) is 0 Å². The average Bonchev–Trinajstić information content (AvgIpc) is 2.98. The summed E-state index contributed by atoms with van der Waals surface area (Å²) < 4.78 is 41.5. The Labute approximate surface area is 146 Å². The molecule has 0 radical (unpaired) electrons. The molecule has 25 heavy (non-hydrogen) atoms. The Kier molecular flexibility index (Phi) is 5.14. The smallest absolute Gasteiger partial charge is 0.206 e. The molecule has 3 rings (SSSR count). The number of hydrogen-bond acceptors (Lipinski definition) is 3. The molecule has 1 heterocycles. The monoisotopic (exact) mass is 361 g/mol. The van der Waals surface area contributed by atoms with Gasteiger partial charge in [-0.1, -0.05) is 0 Å². The average molecular weight is 361 g/mol. The standard InChI is InChI=1S/C18H14F3N3S/c1-2-22-18-24(23-10-13-5-8-15(20)9-16(13)21)17(11-25-18)12-3-6-14(19)7-4-12/h3-11H,2H2,1H3. The molecule has 0 bridgehead atoms. The number of rotatable bonds is 4. The van der Waals surface area contributed by atoms with Crippen molar-refractivity contribution in [2.75, 3.05) is 6.54 Å². The first-order valence-corrected chi connectivity index (χ1v) is 8.43. The molecule has 0 aliphatic carbocycles. The minimum atomic E-state index is -0.697. The Balaban J connectivity index is 2.07. The molecule has 7 heteroatoms. The number of halogens is 3. The Hall–Kier alpha value is -2.67. The van der Waals surface area contributed by atoms with Crippen molar-refractivity contribution >= 4 is 17.6 Å². The van der Waals surface area contributed by atoms with Crippen LogP contribution in [0.15, 0.2) is 57.9 Å². The van der Waals surface area contributed by atoms with Crippen molar-refractivity contribution in [3.05, 3.63) is 75.7 Å². The van der Waals surface area contributed by atoms with Gasteiger partial charge >= 0.3 is 0 Å². The van der Waals surface area contributed by atoms with Crippen LogP contribution in [0.1, 0.15) is 12.5 Å². The number of nitrogens with zero attached hydrogens (tertiary/aromatic N) is 3. The van der Waals surface area contributed by atoms with Crippen LogP contribution in [0.3, 0.4) is 0 Å². The summed E-state index contributed by atoms with van der Waals surface area (Å²) in [7, 11) is 0. The Morgan fingerprint density at radius 3 is 2.44 bits per heavy atom. The van der Waals surface area contributed by atoms with Gasteiger partial charge in [-0.3, -0.25) is 4.99 Å². The SMILES string of the molecule is CCN=c1scc(-c2ccc(F)cc2)n1N=Cc1ccc(F)cc1F. The second kappa shape index (κ2) is 7.48. The van der Waals surface area contributed by atoms with E-state index in [0.717, 1.165) is 11.6 Å². The van der Waals surface area contributed by atoms with E-state index in [2.05, 4.69) is 10.1 Å². The molecule has 0 aliphatic heterocycles. The van der Waals surface area contributed by atoms with Crippen molar-refractivity contribution in [2.24, 2.45) is 10.1 Å². The van der Waals surface area contributed by atoms with Gasteiger partial charge < -0.3 is 0 Å². The summed E-state index contributed by atoms with van der Waals surface area (Å²) in [5.74, 6) is -1.68. The zero-order valence-corrected chi connectivity index (χ0v) is 14.1. The van der Waals surface area contributed by atoms with E-state index in [1.807, 2.05) is 12.3 Å². The summed E-state index contributed by atoms with van der Waals surface area (Å²) >= 11 is 1.38. The van der Waals surface area contributed by atoms with Crippen molar-refractivity contribution in [1.82, 2.24) is 4.68 Å². The van der Waals surface area contributed by atoms with Crippen molar-refractivity contribution in [1.29, 1.82) is 0 Å². The first-order valence-electron chi connectivity index (χ1n) is 7.55. The quantitative estimate of drug-likeness (QED) is 0.615. The fourth-order valence-electron chi connectivity index (χ4n) is 2.20. The number of hydrogen-bond donors (Lipinski definition) is 0. The predicted molar refractivity (Wildman–Crippen MR) is 93.2 cm³/mol. The fourth-order valence-corrected chi connectivity index (χ4v) is 3.10.